The van der Waals surface area contributed by atoms with Gasteiger partial charge in [-0.25, -0.2) is 0 Å². The summed E-state index contributed by atoms with van der Waals surface area (Å²) >= 11 is 0. The van der Waals surface area contributed by atoms with Crippen molar-refractivity contribution >= 4 is 0 Å². The van der Waals surface area contributed by atoms with Gasteiger partial charge in [-0.3, -0.25) is 0 Å². The Kier molecular flexibility index (Phi) is 33.4. The summed E-state index contributed by atoms with van der Waals surface area (Å²) in [6.45, 7) is 15.8. The molecular formula is C39H81N. The summed E-state index contributed by atoms with van der Waals surface area (Å²) in [5.41, 5.74) is 0. The number of hydrogen-bond donors (Lipinski definition) is 0. The molecule has 0 N–H and O–H groups in total. The van der Waals surface area contributed by atoms with Gasteiger partial charge < -0.3 is 4.90 Å². The quantitative estimate of drug-likeness (QED) is 0.0704. The largest absolute Gasteiger partial charge is 0.303 e. The molecule has 1 heteroatoms. The molecule has 0 saturated heterocycles. The van der Waals surface area contributed by atoms with Crippen molar-refractivity contribution in [1.82, 2.24) is 4.90 Å². The monoisotopic (exact) mass is 564 g/mol. The van der Waals surface area contributed by atoms with E-state index in [1.165, 1.54) is 206 Å². The van der Waals surface area contributed by atoms with Gasteiger partial charge in [0, 0.05) is 0 Å². The summed E-state index contributed by atoms with van der Waals surface area (Å²) in [5.74, 6) is 1.78. The molecule has 0 bridgehead atoms. The second kappa shape index (κ2) is 33.5. The van der Waals surface area contributed by atoms with E-state index in [0.717, 1.165) is 11.8 Å². The van der Waals surface area contributed by atoms with Gasteiger partial charge in [-0.15, -0.1) is 0 Å². The highest BCUT2D eigenvalue weighted by molar-refractivity contribution is 4.60. The highest BCUT2D eigenvalue weighted by Crippen LogP contribution is 2.16. The molecule has 40 heavy (non-hydrogen) atoms. The van der Waals surface area contributed by atoms with Crippen LogP contribution in [0.4, 0.5) is 0 Å². The fraction of sp³-hybridized carbons (Fsp3) is 1.00. The number of hydrogen-bond acceptors (Lipinski definition) is 1. The summed E-state index contributed by atoms with van der Waals surface area (Å²) in [6, 6.07) is 0. The molecule has 0 saturated carbocycles. The average Bonchev–Trinajstić information content (AvgIpc) is 2.92. The van der Waals surface area contributed by atoms with Gasteiger partial charge in [-0.2, -0.15) is 0 Å². The van der Waals surface area contributed by atoms with Gasteiger partial charge in [0.25, 0.3) is 0 Å². The maximum atomic E-state index is 2.82. The standard InChI is InChI=1S/C39H81N/c1-6-7-30-35-40(36-31-26-22-18-14-10-8-12-16-20-24-28-33-38(2)3)37-32-27-23-19-15-11-9-13-17-21-25-29-34-39(4)5/h38-39H,6-37H2,1-5H3. The first kappa shape index (κ1) is 40.0. The Morgan fingerprint density at radius 2 is 0.525 bits per heavy atom. The lowest BCUT2D eigenvalue weighted by Crippen LogP contribution is -2.27. The van der Waals surface area contributed by atoms with Gasteiger partial charge >= 0.3 is 0 Å². The maximum Gasteiger partial charge on any atom is -0.00187 e. The van der Waals surface area contributed by atoms with E-state index in [4.69, 9.17) is 0 Å². The van der Waals surface area contributed by atoms with Crippen LogP contribution in [0.5, 0.6) is 0 Å². The molecule has 0 heterocycles. The van der Waals surface area contributed by atoms with E-state index in [1.807, 2.05) is 0 Å². The van der Waals surface area contributed by atoms with Crippen LogP contribution in [0.3, 0.4) is 0 Å². The van der Waals surface area contributed by atoms with Crippen LogP contribution in [-0.2, 0) is 0 Å². The van der Waals surface area contributed by atoms with Crippen LogP contribution < -0.4 is 0 Å². The Morgan fingerprint density at radius 3 is 0.775 bits per heavy atom. The zero-order valence-corrected chi connectivity index (χ0v) is 29.2. The van der Waals surface area contributed by atoms with Crippen molar-refractivity contribution in [1.29, 1.82) is 0 Å². The van der Waals surface area contributed by atoms with Crippen LogP contribution in [0.1, 0.15) is 221 Å². The van der Waals surface area contributed by atoms with Crippen molar-refractivity contribution in [2.45, 2.75) is 221 Å². The lowest BCUT2D eigenvalue weighted by Gasteiger charge is -2.22. The minimum absolute atomic E-state index is 0.891. The molecule has 242 valence electrons. The zero-order valence-electron chi connectivity index (χ0n) is 29.2. The summed E-state index contributed by atoms with van der Waals surface area (Å²) in [4.78, 5) is 2.82. The molecule has 0 aliphatic rings. The minimum Gasteiger partial charge on any atom is -0.303 e. The van der Waals surface area contributed by atoms with Crippen molar-refractivity contribution < 1.29 is 0 Å². The highest BCUT2D eigenvalue weighted by atomic mass is 15.1. The summed E-state index contributed by atoms with van der Waals surface area (Å²) in [6.07, 6.45) is 42.2. The van der Waals surface area contributed by atoms with Crippen LogP contribution in [-0.4, -0.2) is 24.5 Å². The van der Waals surface area contributed by atoms with Gasteiger partial charge in [0.05, 0.1) is 0 Å². The minimum atomic E-state index is 0.891. The molecule has 0 aliphatic heterocycles. The Morgan fingerprint density at radius 1 is 0.300 bits per heavy atom. The van der Waals surface area contributed by atoms with E-state index in [-0.39, 0.29) is 0 Å². The molecule has 0 spiro atoms. The van der Waals surface area contributed by atoms with Crippen molar-refractivity contribution in [2.24, 2.45) is 11.8 Å². The predicted octanol–water partition coefficient (Wildman–Crippen LogP) is 13.9. The third-order valence-electron chi connectivity index (χ3n) is 9.09. The van der Waals surface area contributed by atoms with Gasteiger partial charge in [-0.05, 0) is 50.7 Å². The molecule has 0 aromatic carbocycles. The molecule has 1 nitrogen and oxygen atoms in total. The second-order valence-corrected chi connectivity index (χ2v) is 14.4. The van der Waals surface area contributed by atoms with E-state index < -0.39 is 0 Å². The van der Waals surface area contributed by atoms with Crippen LogP contribution in [0.15, 0.2) is 0 Å². The molecule has 0 radical (unpaired) electrons. The SMILES string of the molecule is CCCCCN(CCCCCCCCCCCCCCC(C)C)CCCCCCCCCCCCCCC(C)C. The van der Waals surface area contributed by atoms with E-state index in [2.05, 4.69) is 39.5 Å². The summed E-state index contributed by atoms with van der Waals surface area (Å²) < 4.78 is 0. The van der Waals surface area contributed by atoms with E-state index in [1.54, 1.807) is 0 Å². The molecule has 0 rings (SSSR count). The zero-order chi connectivity index (χ0) is 29.4. The fourth-order valence-electron chi connectivity index (χ4n) is 6.23. The third kappa shape index (κ3) is 34.2. The van der Waals surface area contributed by atoms with Gasteiger partial charge in [0.2, 0.25) is 0 Å². The molecule has 0 aliphatic carbocycles. The van der Waals surface area contributed by atoms with Crippen molar-refractivity contribution in [3.05, 3.63) is 0 Å². The Balaban J connectivity index is 3.56. The molecule has 0 aromatic rings. The summed E-state index contributed by atoms with van der Waals surface area (Å²) in [5, 5.41) is 0. The number of unbranched alkanes of at least 4 members (excludes halogenated alkanes) is 24. The molecular weight excluding hydrogens is 482 g/mol. The van der Waals surface area contributed by atoms with Crippen LogP contribution in [0.25, 0.3) is 0 Å². The number of rotatable bonds is 34. The maximum absolute atomic E-state index is 2.82. The predicted molar refractivity (Wildman–Crippen MR) is 186 cm³/mol. The van der Waals surface area contributed by atoms with Gasteiger partial charge in [-0.1, -0.05) is 202 Å². The van der Waals surface area contributed by atoms with Crippen molar-refractivity contribution in [3.63, 3.8) is 0 Å². The Labute approximate surface area is 256 Å². The summed E-state index contributed by atoms with van der Waals surface area (Å²) in [7, 11) is 0. The number of nitrogens with zero attached hydrogens (tertiary/aromatic N) is 1. The topological polar surface area (TPSA) is 3.24 Å². The van der Waals surface area contributed by atoms with E-state index in [0.29, 0.717) is 0 Å². The molecule has 0 aromatic heterocycles. The normalized spacial score (nSPS) is 12.0. The third-order valence-corrected chi connectivity index (χ3v) is 9.09. The molecule has 0 fully saturated rings. The van der Waals surface area contributed by atoms with Gasteiger partial charge in [0.15, 0.2) is 0 Å². The Hall–Kier alpha value is -0.0400. The van der Waals surface area contributed by atoms with E-state index >= 15 is 0 Å². The average molecular weight is 564 g/mol. The molecule has 0 unspecified atom stereocenters. The first-order chi connectivity index (χ1) is 19.6. The van der Waals surface area contributed by atoms with Crippen molar-refractivity contribution in [3.8, 4) is 0 Å². The van der Waals surface area contributed by atoms with Gasteiger partial charge in [0.1, 0.15) is 0 Å². The van der Waals surface area contributed by atoms with Crippen LogP contribution in [0, 0.1) is 11.8 Å². The molecule has 0 amide bonds. The van der Waals surface area contributed by atoms with Crippen molar-refractivity contribution in [2.75, 3.05) is 19.6 Å². The first-order valence-electron chi connectivity index (χ1n) is 19.3. The first-order valence-corrected chi connectivity index (χ1v) is 19.3. The van der Waals surface area contributed by atoms with E-state index in [9.17, 15) is 0 Å². The molecule has 0 atom stereocenters. The lowest BCUT2D eigenvalue weighted by molar-refractivity contribution is 0.255. The second-order valence-electron chi connectivity index (χ2n) is 14.4. The smallest absolute Gasteiger partial charge is 0.00187 e. The Bertz CT molecular complexity index is 406. The van der Waals surface area contributed by atoms with Crippen LogP contribution in [0.2, 0.25) is 0 Å². The fourth-order valence-corrected chi connectivity index (χ4v) is 6.23. The lowest BCUT2D eigenvalue weighted by atomic mass is 10.0. The highest BCUT2D eigenvalue weighted by Gasteiger charge is 2.05. The van der Waals surface area contributed by atoms with Crippen LogP contribution >= 0.6 is 0 Å².